The van der Waals surface area contributed by atoms with E-state index in [1.54, 1.807) is 0 Å². The zero-order valence-corrected chi connectivity index (χ0v) is 23.8. The summed E-state index contributed by atoms with van der Waals surface area (Å²) in [6.45, 7) is 8.66. The summed E-state index contributed by atoms with van der Waals surface area (Å²) >= 11 is 0. The summed E-state index contributed by atoms with van der Waals surface area (Å²) in [4.78, 5) is 52.6. The van der Waals surface area contributed by atoms with Gasteiger partial charge in [-0.2, -0.15) is 5.26 Å². The van der Waals surface area contributed by atoms with Gasteiger partial charge in [-0.1, -0.05) is 39.3 Å². The lowest BCUT2D eigenvalue weighted by atomic mass is 9.40. The van der Waals surface area contributed by atoms with Crippen LogP contribution in [0.25, 0.3) is 0 Å². The van der Waals surface area contributed by atoms with E-state index in [1.165, 1.54) is 7.11 Å². The Morgan fingerprint density at radius 1 is 1.05 bits per heavy atom. The molecule has 39 heavy (non-hydrogen) atoms. The molecular weight excluding hydrogens is 494 g/mol. The van der Waals surface area contributed by atoms with Gasteiger partial charge in [-0.25, -0.2) is 0 Å². The predicted octanol–water partition coefficient (Wildman–Crippen LogP) is 3.97. The van der Waals surface area contributed by atoms with Gasteiger partial charge in [-0.05, 0) is 79.6 Å². The Morgan fingerprint density at radius 3 is 2.49 bits per heavy atom. The van der Waals surface area contributed by atoms with Gasteiger partial charge in [-0.3, -0.25) is 30.0 Å². The van der Waals surface area contributed by atoms with Gasteiger partial charge in [0.25, 0.3) is 5.91 Å². The van der Waals surface area contributed by atoms with Crippen LogP contribution < -0.4 is 10.9 Å². The van der Waals surface area contributed by atoms with Crippen LogP contribution in [0.4, 0.5) is 0 Å². The van der Waals surface area contributed by atoms with Gasteiger partial charge in [0.15, 0.2) is 11.6 Å². The maximum Gasteiger partial charge on any atom is 0.264 e. The molecule has 0 heterocycles. The summed E-state index contributed by atoms with van der Waals surface area (Å²) in [7, 11) is 1.42. The molecule has 0 aromatic carbocycles. The fourth-order valence-electron chi connectivity index (χ4n) is 9.22. The SMILES string of the molecule is COCC(=O)NNC(=O)C12CCC3C(C(=O)C=C4C5(C)C=C(C#N)C(=O)CC5CCC43C)C1CC(C)(C)CC2. The molecule has 5 aliphatic carbocycles. The molecule has 2 N–H and O–H groups in total. The van der Waals surface area contributed by atoms with Crippen molar-refractivity contribution in [2.24, 2.45) is 45.3 Å². The van der Waals surface area contributed by atoms with Crippen molar-refractivity contribution in [1.82, 2.24) is 10.9 Å². The van der Waals surface area contributed by atoms with E-state index in [0.717, 1.165) is 37.7 Å². The summed E-state index contributed by atoms with van der Waals surface area (Å²) in [5.41, 5.74) is 4.96. The molecule has 210 valence electrons. The van der Waals surface area contributed by atoms with Crippen LogP contribution in [-0.2, 0) is 23.9 Å². The number of Topliss-reactive ketones (excluding diaryl/α,β-unsaturated/α-hetero) is 1. The van der Waals surface area contributed by atoms with Crippen LogP contribution >= 0.6 is 0 Å². The first kappa shape index (κ1) is 27.8. The van der Waals surface area contributed by atoms with Crippen molar-refractivity contribution in [3.05, 3.63) is 23.3 Å². The number of amides is 2. The molecule has 7 unspecified atom stereocenters. The Kier molecular flexibility index (Phi) is 6.69. The van der Waals surface area contributed by atoms with Gasteiger partial charge in [-0.15, -0.1) is 0 Å². The number of hydrogen-bond acceptors (Lipinski definition) is 6. The number of rotatable bonds is 3. The van der Waals surface area contributed by atoms with Crippen molar-refractivity contribution in [3.63, 3.8) is 0 Å². The van der Waals surface area contributed by atoms with Crippen LogP contribution in [-0.4, -0.2) is 37.1 Å². The average molecular weight is 536 g/mol. The summed E-state index contributed by atoms with van der Waals surface area (Å²) in [5.74, 6) is -0.894. The van der Waals surface area contributed by atoms with Gasteiger partial charge in [0.1, 0.15) is 12.7 Å². The number of nitrogens with zero attached hydrogens (tertiary/aromatic N) is 1. The largest absolute Gasteiger partial charge is 0.375 e. The molecule has 7 atom stereocenters. The highest BCUT2D eigenvalue weighted by Gasteiger charge is 2.65. The van der Waals surface area contributed by atoms with Crippen LogP contribution in [0.5, 0.6) is 0 Å². The number of carbonyl (C=O) groups excluding carboxylic acids is 4. The number of ether oxygens (including phenoxy) is 1. The molecule has 0 radical (unpaired) electrons. The van der Waals surface area contributed by atoms with Crippen LogP contribution in [0.3, 0.4) is 0 Å². The number of carbonyl (C=O) groups is 4. The normalized spacial score (nSPS) is 40.4. The topological polar surface area (TPSA) is 125 Å². The van der Waals surface area contributed by atoms with Crippen molar-refractivity contribution < 1.29 is 23.9 Å². The monoisotopic (exact) mass is 535 g/mol. The quantitative estimate of drug-likeness (QED) is 0.527. The molecule has 8 nitrogen and oxygen atoms in total. The minimum absolute atomic E-state index is 0.00137. The minimum Gasteiger partial charge on any atom is -0.375 e. The van der Waals surface area contributed by atoms with Crippen LogP contribution in [0.2, 0.25) is 0 Å². The zero-order valence-electron chi connectivity index (χ0n) is 23.8. The molecule has 0 bridgehead atoms. The Balaban J connectivity index is 1.54. The highest BCUT2D eigenvalue weighted by Crippen LogP contribution is 2.69. The molecule has 0 aromatic rings. The predicted molar refractivity (Wildman–Crippen MR) is 143 cm³/mol. The van der Waals surface area contributed by atoms with Crippen LogP contribution in [0.15, 0.2) is 23.3 Å². The molecule has 5 aliphatic rings. The van der Waals surface area contributed by atoms with E-state index in [2.05, 4.69) is 44.6 Å². The molecule has 3 saturated carbocycles. The highest BCUT2D eigenvalue weighted by molar-refractivity contribution is 6.01. The maximum absolute atomic E-state index is 14.2. The lowest BCUT2D eigenvalue weighted by Crippen LogP contribution is -2.63. The van der Waals surface area contributed by atoms with Crippen molar-refractivity contribution >= 4 is 23.4 Å². The van der Waals surface area contributed by atoms with E-state index in [4.69, 9.17) is 4.74 Å². The summed E-state index contributed by atoms with van der Waals surface area (Å²) in [5, 5.41) is 9.64. The summed E-state index contributed by atoms with van der Waals surface area (Å²) in [6, 6.07) is 2.10. The van der Waals surface area contributed by atoms with E-state index in [-0.39, 0.29) is 64.2 Å². The molecule has 0 aliphatic heterocycles. The average Bonchev–Trinajstić information content (AvgIpc) is 2.88. The number of nitrogens with one attached hydrogen (secondary N) is 2. The minimum atomic E-state index is -0.722. The van der Waals surface area contributed by atoms with Gasteiger partial charge in [0.05, 0.1) is 11.0 Å². The standard InChI is InChI=1S/C31H41N3O5/c1-28(2)10-11-31(27(38)34-33-25(37)17-39-5)9-7-20-26(21(31)15-28)23(36)13-24-29(20,3)8-6-19-12-22(35)18(16-32)14-30(19,24)4/h13-14,19-21,26H,6-12,15,17H2,1-5H3,(H,33,37)(H,34,38). The number of methoxy groups -OCH3 is 1. The first-order valence-electron chi connectivity index (χ1n) is 14.3. The third-order valence-electron chi connectivity index (χ3n) is 11.3. The Bertz CT molecular complexity index is 1230. The molecule has 0 spiro atoms. The lowest BCUT2D eigenvalue weighted by molar-refractivity contribution is -0.162. The maximum atomic E-state index is 14.2. The number of allylic oxidation sites excluding steroid dienone is 4. The highest BCUT2D eigenvalue weighted by atomic mass is 16.5. The molecule has 2 amide bonds. The summed E-state index contributed by atoms with van der Waals surface area (Å²) in [6.07, 6.45) is 9.52. The zero-order chi connectivity index (χ0) is 28.4. The second kappa shape index (κ2) is 9.40. The molecular formula is C31H41N3O5. The first-order chi connectivity index (χ1) is 18.3. The second-order valence-corrected chi connectivity index (χ2v) is 13.9. The molecule has 0 aromatic heterocycles. The Morgan fingerprint density at radius 2 is 1.79 bits per heavy atom. The van der Waals surface area contributed by atoms with Gasteiger partial charge < -0.3 is 4.74 Å². The van der Waals surface area contributed by atoms with E-state index >= 15 is 0 Å². The van der Waals surface area contributed by atoms with Crippen molar-refractivity contribution in [2.45, 2.75) is 79.1 Å². The molecule has 8 heteroatoms. The van der Waals surface area contributed by atoms with Crippen LogP contribution in [0.1, 0.15) is 79.1 Å². The lowest BCUT2D eigenvalue weighted by Gasteiger charge is -2.63. The fourth-order valence-corrected chi connectivity index (χ4v) is 9.22. The van der Waals surface area contributed by atoms with E-state index in [9.17, 15) is 24.4 Å². The number of nitriles is 1. The van der Waals surface area contributed by atoms with E-state index < -0.39 is 16.7 Å². The fraction of sp³-hybridized carbons (Fsp3) is 0.710. The number of hydrogen-bond donors (Lipinski definition) is 2. The van der Waals surface area contributed by atoms with Gasteiger partial charge in [0, 0.05) is 24.9 Å². The van der Waals surface area contributed by atoms with Crippen molar-refractivity contribution in [1.29, 1.82) is 5.26 Å². The van der Waals surface area contributed by atoms with Crippen molar-refractivity contribution in [3.8, 4) is 6.07 Å². The van der Waals surface area contributed by atoms with E-state index in [1.807, 2.05) is 12.2 Å². The van der Waals surface area contributed by atoms with Crippen molar-refractivity contribution in [2.75, 3.05) is 13.7 Å². The van der Waals surface area contributed by atoms with Gasteiger partial charge >= 0.3 is 0 Å². The Labute approximate surface area is 231 Å². The van der Waals surface area contributed by atoms with E-state index in [0.29, 0.717) is 19.3 Å². The van der Waals surface area contributed by atoms with Gasteiger partial charge in [0.2, 0.25) is 5.91 Å². The first-order valence-corrected chi connectivity index (χ1v) is 14.3. The smallest absolute Gasteiger partial charge is 0.264 e. The third kappa shape index (κ3) is 4.20. The molecule has 3 fully saturated rings. The Hall–Kier alpha value is -2.79. The number of hydrazine groups is 1. The van der Waals surface area contributed by atoms with Crippen LogP contribution in [0, 0.1) is 56.7 Å². The molecule has 0 saturated heterocycles. The molecule has 5 rings (SSSR count). The number of ketones is 2. The second-order valence-electron chi connectivity index (χ2n) is 13.9. The summed E-state index contributed by atoms with van der Waals surface area (Å²) < 4.78 is 4.87. The third-order valence-corrected chi connectivity index (χ3v) is 11.3. The number of fused-ring (bicyclic) bond motifs is 7.